The lowest BCUT2D eigenvalue weighted by atomic mass is 10.2. The molecule has 8 heteroatoms. The number of carbonyl (C=O) groups excluding carboxylic acids is 1. The molecule has 0 spiro atoms. The van der Waals surface area contributed by atoms with Crippen LogP contribution >= 0.6 is 0 Å². The fraction of sp³-hybridized carbons (Fsp3) is 0.235. The van der Waals surface area contributed by atoms with Crippen molar-refractivity contribution in [1.29, 1.82) is 0 Å². The number of amides is 1. The number of hydrogen-bond acceptors (Lipinski definition) is 4. The smallest absolute Gasteiger partial charge is 0.242 e. The van der Waals surface area contributed by atoms with E-state index in [4.69, 9.17) is 0 Å². The number of sulfonamides is 1. The van der Waals surface area contributed by atoms with Crippen LogP contribution in [0.4, 0.5) is 15.8 Å². The minimum Gasteiger partial charge on any atom is -0.381 e. The molecule has 0 radical (unpaired) electrons. The topological polar surface area (TPSA) is 78.5 Å². The first-order valence-corrected chi connectivity index (χ1v) is 8.96. The van der Waals surface area contributed by atoms with Crippen LogP contribution < -0.4 is 10.6 Å². The van der Waals surface area contributed by atoms with Gasteiger partial charge in [0.2, 0.25) is 15.9 Å². The third kappa shape index (κ3) is 4.77. The van der Waals surface area contributed by atoms with E-state index in [-0.39, 0.29) is 16.5 Å². The monoisotopic (exact) mass is 365 g/mol. The summed E-state index contributed by atoms with van der Waals surface area (Å²) in [7, 11) is -0.551. The van der Waals surface area contributed by atoms with Crippen LogP contribution in [0.3, 0.4) is 0 Å². The Hall–Kier alpha value is -2.45. The van der Waals surface area contributed by atoms with Gasteiger partial charge in [0.1, 0.15) is 5.82 Å². The number of rotatable bonds is 6. The summed E-state index contributed by atoms with van der Waals surface area (Å²) < 4.78 is 39.1. The summed E-state index contributed by atoms with van der Waals surface area (Å²) in [6.45, 7) is 1.65. The number of hydrogen-bond donors (Lipinski definition) is 2. The van der Waals surface area contributed by atoms with Crippen molar-refractivity contribution in [2.75, 3.05) is 24.7 Å². The highest BCUT2D eigenvalue weighted by molar-refractivity contribution is 7.89. The van der Waals surface area contributed by atoms with Crippen molar-refractivity contribution in [3.05, 3.63) is 53.8 Å². The molecule has 1 amide bonds. The third-order valence-corrected chi connectivity index (χ3v) is 5.26. The molecule has 0 atom stereocenters. The standard InChI is InChI=1S/C17H20FN3O3S/c1-12(22)20-17-10-14(7-8-16(17)18)19-11-13-5-4-6-15(9-13)25(23,24)21(2)3/h4-10,19H,11H2,1-3H3,(H,20,22). The highest BCUT2D eigenvalue weighted by Crippen LogP contribution is 2.21. The molecule has 0 aliphatic heterocycles. The van der Waals surface area contributed by atoms with E-state index in [1.165, 1.54) is 39.2 Å². The van der Waals surface area contributed by atoms with Crippen LogP contribution in [0.2, 0.25) is 0 Å². The zero-order valence-corrected chi connectivity index (χ0v) is 15.0. The van der Waals surface area contributed by atoms with E-state index < -0.39 is 15.8 Å². The number of carbonyl (C=O) groups is 1. The number of benzene rings is 2. The lowest BCUT2D eigenvalue weighted by Crippen LogP contribution is -2.22. The summed E-state index contributed by atoms with van der Waals surface area (Å²) >= 11 is 0. The van der Waals surface area contributed by atoms with Crippen molar-refractivity contribution in [1.82, 2.24) is 4.31 Å². The second-order valence-corrected chi connectivity index (χ2v) is 7.82. The quantitative estimate of drug-likeness (QED) is 0.825. The van der Waals surface area contributed by atoms with Gasteiger partial charge in [0, 0.05) is 33.3 Å². The Morgan fingerprint density at radius 3 is 2.52 bits per heavy atom. The zero-order valence-electron chi connectivity index (χ0n) is 14.2. The normalized spacial score (nSPS) is 11.4. The molecule has 2 aromatic rings. The van der Waals surface area contributed by atoms with Gasteiger partial charge in [0.15, 0.2) is 0 Å². The maximum Gasteiger partial charge on any atom is 0.242 e. The maximum absolute atomic E-state index is 13.6. The van der Waals surface area contributed by atoms with E-state index in [9.17, 15) is 17.6 Å². The summed E-state index contributed by atoms with van der Waals surface area (Å²) in [5, 5.41) is 5.50. The van der Waals surface area contributed by atoms with Gasteiger partial charge in [-0.15, -0.1) is 0 Å². The van der Waals surface area contributed by atoms with Crippen LogP contribution in [0.5, 0.6) is 0 Å². The molecular formula is C17H20FN3O3S. The van der Waals surface area contributed by atoms with Crippen LogP contribution in [0.25, 0.3) is 0 Å². The summed E-state index contributed by atoms with van der Waals surface area (Å²) in [6, 6.07) is 10.9. The lowest BCUT2D eigenvalue weighted by molar-refractivity contribution is -0.114. The second-order valence-electron chi connectivity index (χ2n) is 5.66. The first-order valence-electron chi connectivity index (χ1n) is 7.52. The Morgan fingerprint density at radius 1 is 1.16 bits per heavy atom. The Kier molecular flexibility index (Phi) is 5.76. The highest BCUT2D eigenvalue weighted by Gasteiger charge is 2.17. The first-order chi connectivity index (χ1) is 11.7. The third-order valence-electron chi connectivity index (χ3n) is 3.45. The SMILES string of the molecule is CC(=O)Nc1cc(NCc2cccc(S(=O)(=O)N(C)C)c2)ccc1F. The van der Waals surface area contributed by atoms with Crippen molar-refractivity contribution < 1.29 is 17.6 Å². The number of nitrogens with zero attached hydrogens (tertiary/aromatic N) is 1. The minimum atomic E-state index is -3.50. The van der Waals surface area contributed by atoms with Gasteiger partial charge in [0.25, 0.3) is 0 Å². The largest absolute Gasteiger partial charge is 0.381 e. The van der Waals surface area contributed by atoms with Gasteiger partial charge in [0.05, 0.1) is 10.6 Å². The van der Waals surface area contributed by atoms with Gasteiger partial charge < -0.3 is 10.6 Å². The van der Waals surface area contributed by atoms with Gasteiger partial charge >= 0.3 is 0 Å². The number of nitrogens with one attached hydrogen (secondary N) is 2. The first kappa shape index (κ1) is 18.9. The molecule has 134 valence electrons. The van der Waals surface area contributed by atoms with Crippen LogP contribution in [-0.4, -0.2) is 32.7 Å². The molecule has 0 aliphatic carbocycles. The molecular weight excluding hydrogens is 345 g/mol. The van der Waals surface area contributed by atoms with Crippen LogP contribution in [0.15, 0.2) is 47.4 Å². The molecule has 0 heterocycles. The Bertz CT molecular complexity index is 882. The summed E-state index contributed by atoms with van der Waals surface area (Å²) in [5.41, 5.74) is 1.45. The lowest BCUT2D eigenvalue weighted by Gasteiger charge is -2.13. The summed E-state index contributed by atoms with van der Waals surface area (Å²) in [5.74, 6) is -0.891. The molecule has 0 saturated heterocycles. The van der Waals surface area contributed by atoms with Crippen LogP contribution in [-0.2, 0) is 21.4 Å². The number of halogens is 1. The van der Waals surface area contributed by atoms with Crippen LogP contribution in [0.1, 0.15) is 12.5 Å². The fourth-order valence-corrected chi connectivity index (χ4v) is 3.12. The fourth-order valence-electron chi connectivity index (χ4n) is 2.15. The molecule has 0 aromatic heterocycles. The molecule has 2 aromatic carbocycles. The average Bonchev–Trinajstić information content (AvgIpc) is 2.55. The van der Waals surface area contributed by atoms with Crippen molar-refractivity contribution in [2.45, 2.75) is 18.4 Å². The van der Waals surface area contributed by atoms with Gasteiger partial charge in [-0.2, -0.15) is 0 Å². The molecule has 0 saturated carbocycles. The minimum absolute atomic E-state index is 0.0847. The van der Waals surface area contributed by atoms with E-state index in [2.05, 4.69) is 10.6 Å². The molecule has 6 nitrogen and oxygen atoms in total. The van der Waals surface area contributed by atoms with E-state index in [0.717, 1.165) is 9.87 Å². The Labute approximate surface area is 146 Å². The summed E-state index contributed by atoms with van der Waals surface area (Å²) in [6.07, 6.45) is 0. The van der Waals surface area contributed by atoms with Crippen molar-refractivity contribution >= 4 is 27.3 Å². The van der Waals surface area contributed by atoms with Gasteiger partial charge in [-0.1, -0.05) is 12.1 Å². The zero-order chi connectivity index (χ0) is 18.6. The van der Waals surface area contributed by atoms with E-state index in [1.54, 1.807) is 24.3 Å². The van der Waals surface area contributed by atoms with Crippen molar-refractivity contribution in [2.24, 2.45) is 0 Å². The molecule has 0 fully saturated rings. The van der Waals surface area contributed by atoms with E-state index in [1.807, 2.05) is 0 Å². The predicted octanol–water partition coefficient (Wildman–Crippen LogP) is 2.65. The molecule has 25 heavy (non-hydrogen) atoms. The Balaban J connectivity index is 2.16. The summed E-state index contributed by atoms with van der Waals surface area (Å²) in [4.78, 5) is 11.3. The molecule has 2 N–H and O–H groups in total. The van der Waals surface area contributed by atoms with Crippen LogP contribution in [0, 0.1) is 5.82 Å². The van der Waals surface area contributed by atoms with E-state index >= 15 is 0 Å². The second kappa shape index (κ2) is 7.62. The van der Waals surface area contributed by atoms with Gasteiger partial charge in [-0.05, 0) is 35.9 Å². The molecule has 0 aliphatic rings. The highest BCUT2D eigenvalue weighted by atomic mass is 32.2. The van der Waals surface area contributed by atoms with Crippen molar-refractivity contribution in [3.8, 4) is 0 Å². The van der Waals surface area contributed by atoms with E-state index in [0.29, 0.717) is 12.2 Å². The predicted molar refractivity (Wildman–Crippen MR) is 95.3 cm³/mol. The average molecular weight is 365 g/mol. The Morgan fingerprint density at radius 2 is 1.88 bits per heavy atom. The molecule has 0 bridgehead atoms. The molecule has 0 unspecified atom stereocenters. The molecule has 2 rings (SSSR count). The van der Waals surface area contributed by atoms with Crippen molar-refractivity contribution in [3.63, 3.8) is 0 Å². The van der Waals surface area contributed by atoms with Gasteiger partial charge in [-0.25, -0.2) is 17.1 Å². The van der Waals surface area contributed by atoms with Gasteiger partial charge in [-0.3, -0.25) is 4.79 Å². The number of anilines is 2. The maximum atomic E-state index is 13.6.